The first-order valence-corrected chi connectivity index (χ1v) is 6.35. The van der Waals surface area contributed by atoms with Gasteiger partial charge < -0.3 is 15.5 Å². The summed E-state index contributed by atoms with van der Waals surface area (Å²) in [4.78, 5) is 12.0. The standard InChI is InChI=1S/C14H19NO3/c1-9-3-2-4-12(13(9)17)14(18)15-10-5-7-11(16)8-6-10/h2-4,10-11,16-17H,5-8H2,1H3,(H,15,18). The molecule has 1 amide bonds. The maximum Gasteiger partial charge on any atom is 0.255 e. The van der Waals surface area contributed by atoms with Gasteiger partial charge in [-0.1, -0.05) is 12.1 Å². The fraction of sp³-hybridized carbons (Fsp3) is 0.500. The Balaban J connectivity index is 2.01. The molecule has 4 nitrogen and oxygen atoms in total. The van der Waals surface area contributed by atoms with Gasteiger partial charge in [0.25, 0.3) is 5.91 Å². The molecule has 98 valence electrons. The Hall–Kier alpha value is -1.55. The molecule has 1 aromatic rings. The summed E-state index contributed by atoms with van der Waals surface area (Å²) in [6, 6.07) is 5.24. The fourth-order valence-corrected chi connectivity index (χ4v) is 2.33. The van der Waals surface area contributed by atoms with Gasteiger partial charge in [0.15, 0.2) is 0 Å². The molecule has 1 aromatic carbocycles. The van der Waals surface area contributed by atoms with Gasteiger partial charge in [-0.05, 0) is 44.2 Å². The lowest BCUT2D eigenvalue weighted by Gasteiger charge is -2.26. The molecular formula is C14H19NO3. The first-order chi connectivity index (χ1) is 8.58. The Morgan fingerprint density at radius 1 is 1.28 bits per heavy atom. The van der Waals surface area contributed by atoms with E-state index in [-0.39, 0.29) is 23.8 Å². The first kappa shape index (κ1) is 12.9. The van der Waals surface area contributed by atoms with Gasteiger partial charge in [-0.15, -0.1) is 0 Å². The number of amides is 1. The lowest BCUT2D eigenvalue weighted by atomic mass is 9.93. The molecule has 0 aliphatic heterocycles. The smallest absolute Gasteiger partial charge is 0.255 e. The number of phenols is 1. The molecule has 0 atom stereocenters. The molecule has 18 heavy (non-hydrogen) atoms. The number of benzene rings is 1. The van der Waals surface area contributed by atoms with Crippen molar-refractivity contribution >= 4 is 5.91 Å². The summed E-state index contributed by atoms with van der Waals surface area (Å²) in [5.74, 6) is -0.191. The number of carbonyl (C=O) groups excluding carboxylic acids is 1. The van der Waals surface area contributed by atoms with Crippen LogP contribution in [0.4, 0.5) is 0 Å². The van der Waals surface area contributed by atoms with Crippen molar-refractivity contribution in [2.45, 2.75) is 44.8 Å². The zero-order valence-electron chi connectivity index (χ0n) is 10.5. The van der Waals surface area contributed by atoms with Crippen molar-refractivity contribution in [1.29, 1.82) is 0 Å². The van der Waals surface area contributed by atoms with Crippen LogP contribution in [0.2, 0.25) is 0 Å². The van der Waals surface area contributed by atoms with Crippen LogP contribution in [0.1, 0.15) is 41.6 Å². The van der Waals surface area contributed by atoms with Crippen LogP contribution in [0.25, 0.3) is 0 Å². The number of aliphatic hydroxyl groups excluding tert-OH is 1. The van der Waals surface area contributed by atoms with Gasteiger partial charge in [0.1, 0.15) is 5.75 Å². The fourth-order valence-electron chi connectivity index (χ4n) is 2.33. The van der Waals surface area contributed by atoms with Crippen molar-refractivity contribution in [3.05, 3.63) is 29.3 Å². The number of hydrogen-bond acceptors (Lipinski definition) is 3. The van der Waals surface area contributed by atoms with Crippen molar-refractivity contribution < 1.29 is 15.0 Å². The van der Waals surface area contributed by atoms with Crippen LogP contribution >= 0.6 is 0 Å². The van der Waals surface area contributed by atoms with E-state index in [0.717, 1.165) is 25.7 Å². The monoisotopic (exact) mass is 249 g/mol. The average Bonchev–Trinajstić information content (AvgIpc) is 2.35. The summed E-state index contributed by atoms with van der Waals surface area (Å²) in [7, 11) is 0. The second kappa shape index (κ2) is 5.40. The van der Waals surface area contributed by atoms with Crippen LogP contribution in [0.15, 0.2) is 18.2 Å². The highest BCUT2D eigenvalue weighted by Gasteiger charge is 2.22. The van der Waals surface area contributed by atoms with Crippen LogP contribution in [0.5, 0.6) is 5.75 Å². The second-order valence-corrected chi connectivity index (χ2v) is 4.95. The molecule has 2 rings (SSSR count). The van der Waals surface area contributed by atoms with E-state index in [9.17, 15) is 15.0 Å². The number of aromatic hydroxyl groups is 1. The highest BCUT2D eigenvalue weighted by atomic mass is 16.3. The second-order valence-electron chi connectivity index (χ2n) is 4.95. The number of carbonyl (C=O) groups is 1. The van der Waals surface area contributed by atoms with E-state index in [2.05, 4.69) is 5.32 Å². The molecule has 0 saturated heterocycles. The van der Waals surface area contributed by atoms with Crippen LogP contribution < -0.4 is 5.32 Å². The van der Waals surface area contributed by atoms with Crippen LogP contribution in [-0.2, 0) is 0 Å². The third kappa shape index (κ3) is 2.82. The predicted molar refractivity (Wildman–Crippen MR) is 68.6 cm³/mol. The summed E-state index contributed by atoms with van der Waals surface area (Å²) in [6.07, 6.45) is 2.81. The van der Waals surface area contributed by atoms with Crippen molar-refractivity contribution in [2.24, 2.45) is 0 Å². The van der Waals surface area contributed by atoms with Crippen molar-refractivity contribution in [1.82, 2.24) is 5.32 Å². The third-order valence-corrected chi connectivity index (χ3v) is 3.51. The minimum Gasteiger partial charge on any atom is -0.507 e. The SMILES string of the molecule is Cc1cccc(C(=O)NC2CCC(O)CC2)c1O. The van der Waals surface area contributed by atoms with E-state index in [0.29, 0.717) is 11.1 Å². The van der Waals surface area contributed by atoms with Gasteiger partial charge >= 0.3 is 0 Å². The lowest BCUT2D eigenvalue weighted by molar-refractivity contribution is 0.0865. The maximum absolute atomic E-state index is 12.0. The van der Waals surface area contributed by atoms with Gasteiger partial charge in [0.2, 0.25) is 0 Å². The number of aliphatic hydroxyl groups is 1. The molecule has 0 spiro atoms. The molecule has 4 heteroatoms. The molecule has 1 aliphatic carbocycles. The Kier molecular flexibility index (Phi) is 3.87. The van der Waals surface area contributed by atoms with Gasteiger partial charge in [-0.2, -0.15) is 0 Å². The highest BCUT2D eigenvalue weighted by molar-refractivity contribution is 5.97. The number of rotatable bonds is 2. The number of para-hydroxylation sites is 1. The van der Waals surface area contributed by atoms with Gasteiger partial charge in [-0.25, -0.2) is 0 Å². The minimum atomic E-state index is -0.238. The average molecular weight is 249 g/mol. The van der Waals surface area contributed by atoms with Crippen LogP contribution in [0, 0.1) is 6.92 Å². The zero-order chi connectivity index (χ0) is 13.1. The molecule has 0 unspecified atom stereocenters. The molecule has 0 radical (unpaired) electrons. The molecule has 0 aromatic heterocycles. The van der Waals surface area contributed by atoms with Gasteiger partial charge in [0.05, 0.1) is 11.7 Å². The maximum atomic E-state index is 12.0. The van der Waals surface area contributed by atoms with E-state index in [4.69, 9.17) is 0 Å². The molecular weight excluding hydrogens is 230 g/mol. The zero-order valence-corrected chi connectivity index (χ0v) is 10.5. The van der Waals surface area contributed by atoms with E-state index >= 15 is 0 Å². The molecule has 1 saturated carbocycles. The Morgan fingerprint density at radius 3 is 2.61 bits per heavy atom. The third-order valence-electron chi connectivity index (χ3n) is 3.51. The van der Waals surface area contributed by atoms with Crippen molar-refractivity contribution in [2.75, 3.05) is 0 Å². The quantitative estimate of drug-likeness (QED) is 0.747. The predicted octanol–water partition coefficient (Wildman–Crippen LogP) is 1.73. The van der Waals surface area contributed by atoms with Gasteiger partial charge in [0, 0.05) is 6.04 Å². The van der Waals surface area contributed by atoms with E-state index in [1.807, 2.05) is 0 Å². The highest BCUT2D eigenvalue weighted by Crippen LogP contribution is 2.23. The first-order valence-electron chi connectivity index (χ1n) is 6.35. The number of hydrogen-bond donors (Lipinski definition) is 3. The Bertz CT molecular complexity index is 437. The minimum absolute atomic E-state index is 0.0471. The summed E-state index contributed by atoms with van der Waals surface area (Å²) in [5.41, 5.74) is 1.02. The van der Waals surface area contributed by atoms with E-state index in [1.54, 1.807) is 25.1 Å². The molecule has 0 heterocycles. The number of phenolic OH excluding ortho intramolecular Hbond substituents is 1. The van der Waals surface area contributed by atoms with Crippen LogP contribution in [-0.4, -0.2) is 28.3 Å². The molecule has 0 bridgehead atoms. The summed E-state index contributed by atoms with van der Waals surface area (Å²) in [5, 5.41) is 22.2. The summed E-state index contributed by atoms with van der Waals surface area (Å²) >= 11 is 0. The largest absolute Gasteiger partial charge is 0.507 e. The normalized spacial score (nSPS) is 23.7. The number of aryl methyl sites for hydroxylation is 1. The Morgan fingerprint density at radius 2 is 1.94 bits per heavy atom. The van der Waals surface area contributed by atoms with Crippen LogP contribution in [0.3, 0.4) is 0 Å². The van der Waals surface area contributed by atoms with Gasteiger partial charge in [-0.3, -0.25) is 4.79 Å². The summed E-state index contributed by atoms with van der Waals surface area (Å²) in [6.45, 7) is 1.77. The number of nitrogens with one attached hydrogen (secondary N) is 1. The topological polar surface area (TPSA) is 69.6 Å². The van der Waals surface area contributed by atoms with Crippen molar-refractivity contribution in [3.8, 4) is 5.75 Å². The Labute approximate surface area is 107 Å². The summed E-state index contributed by atoms with van der Waals surface area (Å²) < 4.78 is 0. The van der Waals surface area contributed by atoms with E-state index in [1.165, 1.54) is 0 Å². The molecule has 3 N–H and O–H groups in total. The van der Waals surface area contributed by atoms with Crippen molar-refractivity contribution in [3.63, 3.8) is 0 Å². The molecule has 1 fully saturated rings. The van der Waals surface area contributed by atoms with E-state index < -0.39 is 0 Å². The molecule has 1 aliphatic rings. The lowest BCUT2D eigenvalue weighted by Crippen LogP contribution is -2.38.